The first-order valence-electron chi connectivity index (χ1n) is 5.74. The van der Waals surface area contributed by atoms with Crippen LogP contribution >= 0.6 is 15.9 Å². The Bertz CT molecular complexity index is 566. The lowest BCUT2D eigenvalue weighted by Crippen LogP contribution is -2.12. The number of aryl methyl sites for hydroxylation is 2. The van der Waals surface area contributed by atoms with E-state index < -0.39 is 0 Å². The summed E-state index contributed by atoms with van der Waals surface area (Å²) in [4.78, 5) is 4.47. The molecule has 2 rings (SSSR count). The number of benzene rings is 2. The quantitative estimate of drug-likeness (QED) is 0.658. The van der Waals surface area contributed by atoms with E-state index in [1.165, 1.54) is 0 Å². The summed E-state index contributed by atoms with van der Waals surface area (Å²) >= 11 is 3.54. The van der Waals surface area contributed by atoms with Gasteiger partial charge in [0.15, 0.2) is 0 Å². The topological polar surface area (TPSA) is 38.4 Å². The van der Waals surface area contributed by atoms with Crippen LogP contribution in [0.5, 0.6) is 0 Å². The van der Waals surface area contributed by atoms with Gasteiger partial charge in [-0.15, -0.1) is 0 Å². The van der Waals surface area contributed by atoms with Gasteiger partial charge in [0.25, 0.3) is 0 Å². The second-order valence-corrected chi connectivity index (χ2v) is 5.05. The van der Waals surface area contributed by atoms with Crippen molar-refractivity contribution in [3.8, 4) is 0 Å². The first kappa shape index (κ1) is 12.8. The molecule has 0 atom stereocenters. The molecule has 0 heterocycles. The third-order valence-corrected chi connectivity index (χ3v) is 3.99. The first-order valence-corrected chi connectivity index (χ1v) is 6.53. The molecule has 0 radical (unpaired) electrons. The van der Waals surface area contributed by atoms with Gasteiger partial charge in [-0.25, -0.2) is 4.99 Å². The Morgan fingerprint density at radius 3 is 2.17 bits per heavy atom. The van der Waals surface area contributed by atoms with Gasteiger partial charge in [0.05, 0.1) is 5.69 Å². The summed E-state index contributed by atoms with van der Waals surface area (Å²) in [5, 5.41) is 0. The third-order valence-electron chi connectivity index (χ3n) is 2.74. The molecule has 0 saturated heterocycles. The minimum Gasteiger partial charge on any atom is -0.383 e. The van der Waals surface area contributed by atoms with E-state index in [1.54, 1.807) is 0 Å². The Balaban J connectivity index is 2.39. The van der Waals surface area contributed by atoms with Crippen LogP contribution < -0.4 is 5.73 Å². The highest BCUT2D eigenvalue weighted by molar-refractivity contribution is 9.10. The summed E-state index contributed by atoms with van der Waals surface area (Å²) in [6.45, 7) is 4.10. The molecule has 18 heavy (non-hydrogen) atoms. The molecule has 0 aliphatic carbocycles. The van der Waals surface area contributed by atoms with Gasteiger partial charge in [0.1, 0.15) is 5.84 Å². The summed E-state index contributed by atoms with van der Waals surface area (Å²) in [5.41, 5.74) is 10.2. The molecule has 0 saturated carbocycles. The fourth-order valence-electron chi connectivity index (χ4n) is 1.80. The minimum atomic E-state index is 0.539. The molecule has 0 aliphatic heterocycles. The second kappa shape index (κ2) is 5.36. The molecule has 0 unspecified atom stereocenters. The summed E-state index contributed by atoms with van der Waals surface area (Å²) in [5.74, 6) is 0.539. The zero-order chi connectivity index (χ0) is 13.1. The van der Waals surface area contributed by atoms with Crippen molar-refractivity contribution in [3.05, 3.63) is 63.6 Å². The van der Waals surface area contributed by atoms with E-state index >= 15 is 0 Å². The fourth-order valence-corrected chi connectivity index (χ4v) is 2.03. The Morgan fingerprint density at radius 1 is 1.06 bits per heavy atom. The van der Waals surface area contributed by atoms with Crippen LogP contribution in [0.3, 0.4) is 0 Å². The number of hydrogen-bond donors (Lipinski definition) is 1. The van der Waals surface area contributed by atoms with Gasteiger partial charge in [-0.2, -0.15) is 0 Å². The normalized spacial score (nSPS) is 11.6. The zero-order valence-electron chi connectivity index (χ0n) is 10.4. The lowest BCUT2D eigenvalue weighted by Gasteiger charge is -2.06. The van der Waals surface area contributed by atoms with Crippen molar-refractivity contribution in [2.24, 2.45) is 10.7 Å². The van der Waals surface area contributed by atoms with Gasteiger partial charge >= 0.3 is 0 Å². The van der Waals surface area contributed by atoms with E-state index in [4.69, 9.17) is 5.73 Å². The van der Waals surface area contributed by atoms with E-state index in [0.717, 1.165) is 26.9 Å². The molecule has 0 aliphatic rings. The van der Waals surface area contributed by atoms with Crippen LogP contribution in [0, 0.1) is 13.8 Å². The van der Waals surface area contributed by atoms with Crippen LogP contribution in [0.15, 0.2) is 51.9 Å². The average molecular weight is 303 g/mol. The first-order chi connectivity index (χ1) is 8.58. The number of nitrogens with zero attached hydrogens (tertiary/aromatic N) is 1. The molecule has 2 nitrogen and oxygen atoms in total. The van der Waals surface area contributed by atoms with Crippen LogP contribution in [0.4, 0.5) is 5.69 Å². The van der Waals surface area contributed by atoms with Gasteiger partial charge in [-0.05, 0) is 37.1 Å². The summed E-state index contributed by atoms with van der Waals surface area (Å²) in [6, 6.07) is 13.8. The molecule has 92 valence electrons. The number of amidine groups is 1. The molecule has 2 N–H and O–H groups in total. The summed E-state index contributed by atoms with van der Waals surface area (Å²) < 4.78 is 1.12. The van der Waals surface area contributed by atoms with Crippen LogP contribution in [0.2, 0.25) is 0 Å². The van der Waals surface area contributed by atoms with E-state index in [1.807, 2.05) is 42.5 Å². The van der Waals surface area contributed by atoms with Crippen LogP contribution in [0.25, 0.3) is 0 Å². The summed E-state index contributed by atoms with van der Waals surface area (Å²) in [7, 11) is 0. The average Bonchev–Trinajstić information content (AvgIpc) is 2.37. The molecule has 2 aromatic rings. The van der Waals surface area contributed by atoms with E-state index in [9.17, 15) is 0 Å². The molecular weight excluding hydrogens is 288 g/mol. The summed E-state index contributed by atoms with van der Waals surface area (Å²) in [6.07, 6.45) is 0. The van der Waals surface area contributed by atoms with E-state index in [2.05, 4.69) is 34.8 Å². The molecule has 0 aromatic heterocycles. The Labute approximate surface area is 116 Å². The molecule has 0 bridgehead atoms. The highest BCUT2D eigenvalue weighted by Gasteiger charge is 2.03. The van der Waals surface area contributed by atoms with Gasteiger partial charge < -0.3 is 5.73 Å². The van der Waals surface area contributed by atoms with Crippen molar-refractivity contribution >= 4 is 27.5 Å². The number of halogens is 1. The van der Waals surface area contributed by atoms with Crippen LogP contribution in [-0.2, 0) is 0 Å². The third kappa shape index (κ3) is 2.79. The van der Waals surface area contributed by atoms with E-state index in [0.29, 0.717) is 5.84 Å². The minimum absolute atomic E-state index is 0.539. The Kier molecular flexibility index (Phi) is 3.82. The maximum atomic E-state index is 6.00. The standard InChI is InChI=1S/C15H15BrN2/c1-10-8-13(9-11(2)14(10)16)18-15(17)12-6-4-3-5-7-12/h3-9H,1-2H3,(H2,17,18). The highest BCUT2D eigenvalue weighted by Crippen LogP contribution is 2.26. The van der Waals surface area contributed by atoms with Crippen molar-refractivity contribution in [2.45, 2.75) is 13.8 Å². The van der Waals surface area contributed by atoms with Crippen molar-refractivity contribution in [1.29, 1.82) is 0 Å². The van der Waals surface area contributed by atoms with Crippen LogP contribution in [-0.4, -0.2) is 5.84 Å². The largest absolute Gasteiger partial charge is 0.383 e. The van der Waals surface area contributed by atoms with Crippen molar-refractivity contribution in [1.82, 2.24) is 0 Å². The molecule has 0 amide bonds. The molecule has 3 heteroatoms. The number of aliphatic imine (C=N–C) groups is 1. The van der Waals surface area contributed by atoms with Gasteiger partial charge in [0.2, 0.25) is 0 Å². The Hall–Kier alpha value is -1.61. The predicted molar refractivity (Wildman–Crippen MR) is 80.4 cm³/mol. The van der Waals surface area contributed by atoms with E-state index in [-0.39, 0.29) is 0 Å². The lowest BCUT2D eigenvalue weighted by atomic mass is 10.1. The highest BCUT2D eigenvalue weighted by atomic mass is 79.9. The molecule has 0 spiro atoms. The number of hydrogen-bond acceptors (Lipinski definition) is 1. The van der Waals surface area contributed by atoms with Crippen molar-refractivity contribution < 1.29 is 0 Å². The predicted octanol–water partition coefficient (Wildman–Crippen LogP) is 4.10. The smallest absolute Gasteiger partial charge is 0.131 e. The van der Waals surface area contributed by atoms with Gasteiger partial charge in [-0.3, -0.25) is 0 Å². The van der Waals surface area contributed by atoms with Crippen molar-refractivity contribution in [3.63, 3.8) is 0 Å². The maximum Gasteiger partial charge on any atom is 0.131 e. The van der Waals surface area contributed by atoms with Gasteiger partial charge in [0, 0.05) is 10.0 Å². The zero-order valence-corrected chi connectivity index (χ0v) is 12.0. The Morgan fingerprint density at radius 2 is 1.61 bits per heavy atom. The maximum absolute atomic E-state index is 6.00. The lowest BCUT2D eigenvalue weighted by molar-refractivity contribution is 1.31. The molecule has 2 aromatic carbocycles. The van der Waals surface area contributed by atoms with Crippen molar-refractivity contribution in [2.75, 3.05) is 0 Å². The SMILES string of the molecule is Cc1cc(N=C(N)c2ccccc2)cc(C)c1Br. The van der Waals surface area contributed by atoms with Crippen LogP contribution in [0.1, 0.15) is 16.7 Å². The molecular formula is C15H15BrN2. The van der Waals surface area contributed by atoms with Gasteiger partial charge in [-0.1, -0.05) is 46.3 Å². The number of nitrogens with two attached hydrogens (primary N) is 1. The second-order valence-electron chi connectivity index (χ2n) is 4.26. The monoisotopic (exact) mass is 302 g/mol. The fraction of sp³-hybridized carbons (Fsp3) is 0.133. The number of rotatable bonds is 2. The molecule has 0 fully saturated rings.